The number of benzene rings is 2. The maximum absolute atomic E-state index is 13.6. The van der Waals surface area contributed by atoms with E-state index in [-0.39, 0.29) is 41.4 Å². The monoisotopic (exact) mass is 482 g/mol. The molecule has 1 aliphatic rings. The Kier molecular flexibility index (Phi) is 6.57. The summed E-state index contributed by atoms with van der Waals surface area (Å²) in [4.78, 5) is 19.1. The fraction of sp³-hybridized carbons (Fsp3) is 0.333. The van der Waals surface area contributed by atoms with Crippen molar-refractivity contribution >= 4 is 54.0 Å². The molecule has 10 heteroatoms. The highest BCUT2D eigenvalue weighted by Gasteiger charge is 2.27. The highest BCUT2D eigenvalue weighted by molar-refractivity contribution is 7.91. The van der Waals surface area contributed by atoms with E-state index in [0.717, 1.165) is 12.8 Å². The predicted octanol–water partition coefficient (Wildman–Crippen LogP) is 4.46. The molecule has 0 spiro atoms. The van der Waals surface area contributed by atoms with Crippen LogP contribution in [0.15, 0.2) is 47.4 Å². The second-order valence-corrected chi connectivity index (χ2v) is 10.8. The molecule has 0 N–H and O–H groups in total. The van der Waals surface area contributed by atoms with Crippen LogP contribution in [0.1, 0.15) is 19.3 Å². The van der Waals surface area contributed by atoms with Crippen LogP contribution >= 0.6 is 22.9 Å². The van der Waals surface area contributed by atoms with Gasteiger partial charge in [0.1, 0.15) is 5.82 Å². The quantitative estimate of drug-likeness (QED) is 0.496. The van der Waals surface area contributed by atoms with Crippen molar-refractivity contribution in [2.24, 2.45) is 0 Å². The molecule has 6 nitrogen and oxygen atoms in total. The van der Waals surface area contributed by atoms with E-state index < -0.39 is 9.84 Å². The third-order valence-electron chi connectivity index (χ3n) is 5.04. The first-order chi connectivity index (χ1) is 14.8. The summed E-state index contributed by atoms with van der Waals surface area (Å²) in [7, 11) is -3.65. The highest BCUT2D eigenvalue weighted by Crippen LogP contribution is 2.31. The van der Waals surface area contributed by atoms with Crippen molar-refractivity contribution in [2.75, 3.05) is 23.8 Å². The summed E-state index contributed by atoms with van der Waals surface area (Å²) in [6.45, 7) is 0.908. The van der Waals surface area contributed by atoms with E-state index in [1.165, 1.54) is 52.6 Å². The first-order valence-corrected chi connectivity index (χ1v) is 12.6. The van der Waals surface area contributed by atoms with Crippen LogP contribution in [0.3, 0.4) is 0 Å². The van der Waals surface area contributed by atoms with Crippen molar-refractivity contribution in [1.29, 1.82) is 0 Å². The average molecular weight is 483 g/mol. The smallest absolute Gasteiger partial charge is 0.229 e. The van der Waals surface area contributed by atoms with Gasteiger partial charge in [-0.25, -0.2) is 17.8 Å². The molecule has 164 valence electrons. The molecule has 1 atom stereocenters. The number of fused-ring (bicyclic) bond motifs is 1. The molecule has 1 fully saturated rings. The lowest BCUT2D eigenvalue weighted by atomic mass is 10.2. The molecule has 2 aromatic carbocycles. The lowest BCUT2D eigenvalue weighted by Crippen LogP contribution is -2.38. The molecular formula is C21H20ClFN2O4S2. The number of ether oxygens (including phenoxy) is 1. The Morgan fingerprint density at radius 3 is 2.74 bits per heavy atom. The van der Waals surface area contributed by atoms with Gasteiger partial charge in [0, 0.05) is 18.1 Å². The Bertz CT molecular complexity index is 1190. The maximum atomic E-state index is 13.6. The number of hydrogen-bond donors (Lipinski definition) is 0. The fourth-order valence-corrected chi connectivity index (χ4v) is 5.77. The van der Waals surface area contributed by atoms with E-state index >= 15 is 0 Å². The minimum Gasteiger partial charge on any atom is -0.376 e. The Morgan fingerprint density at radius 1 is 1.26 bits per heavy atom. The highest BCUT2D eigenvalue weighted by atomic mass is 35.5. The van der Waals surface area contributed by atoms with Crippen LogP contribution in [0.2, 0.25) is 5.02 Å². The SMILES string of the molecule is O=C(CCS(=O)(=O)c1ccc(Cl)cc1)N(CC1CCCO1)c1nc2ccc(F)cc2s1. The lowest BCUT2D eigenvalue weighted by molar-refractivity contribution is -0.118. The van der Waals surface area contributed by atoms with Crippen LogP contribution in [0.5, 0.6) is 0 Å². The van der Waals surface area contributed by atoms with Gasteiger partial charge in [-0.3, -0.25) is 9.69 Å². The fourth-order valence-electron chi connectivity index (χ4n) is 3.40. The van der Waals surface area contributed by atoms with Gasteiger partial charge in [-0.2, -0.15) is 0 Å². The molecule has 0 saturated carbocycles. The van der Waals surface area contributed by atoms with E-state index in [1.807, 2.05) is 0 Å². The van der Waals surface area contributed by atoms with Crippen LogP contribution in [0.25, 0.3) is 10.2 Å². The Labute approximate surface area is 188 Å². The molecule has 0 radical (unpaired) electrons. The van der Waals surface area contributed by atoms with Crippen LogP contribution in [-0.4, -0.2) is 44.3 Å². The molecule has 3 aromatic rings. The van der Waals surface area contributed by atoms with Gasteiger partial charge in [-0.1, -0.05) is 22.9 Å². The van der Waals surface area contributed by atoms with Gasteiger partial charge < -0.3 is 4.74 Å². The number of halogens is 2. The van der Waals surface area contributed by atoms with Gasteiger partial charge in [0.15, 0.2) is 15.0 Å². The molecule has 1 unspecified atom stereocenters. The van der Waals surface area contributed by atoms with Crippen molar-refractivity contribution in [3.05, 3.63) is 53.3 Å². The van der Waals surface area contributed by atoms with Crippen molar-refractivity contribution in [1.82, 2.24) is 4.98 Å². The van der Waals surface area contributed by atoms with E-state index in [4.69, 9.17) is 16.3 Å². The third kappa shape index (κ3) is 5.23. The van der Waals surface area contributed by atoms with Gasteiger partial charge in [0.25, 0.3) is 0 Å². The topological polar surface area (TPSA) is 76.6 Å². The molecule has 0 bridgehead atoms. The number of rotatable bonds is 7. The molecule has 1 aromatic heterocycles. The first kappa shape index (κ1) is 22.1. The number of aromatic nitrogens is 1. The number of nitrogens with zero attached hydrogens (tertiary/aromatic N) is 2. The van der Waals surface area contributed by atoms with Gasteiger partial charge in [-0.05, 0) is 55.3 Å². The van der Waals surface area contributed by atoms with Crippen molar-refractivity contribution in [3.63, 3.8) is 0 Å². The standard InChI is InChI=1S/C21H20ClFN2O4S2/c22-14-3-6-17(7-4-14)31(27,28)11-9-20(26)25(13-16-2-1-10-29-16)21-24-18-8-5-15(23)12-19(18)30-21/h3-8,12,16H,1-2,9-11,13H2. The number of carbonyl (C=O) groups excluding carboxylic acids is 1. The van der Waals surface area contributed by atoms with Crippen LogP contribution < -0.4 is 4.90 Å². The van der Waals surface area contributed by atoms with Gasteiger partial charge >= 0.3 is 0 Å². The maximum Gasteiger partial charge on any atom is 0.229 e. The summed E-state index contributed by atoms with van der Waals surface area (Å²) >= 11 is 7.02. The van der Waals surface area contributed by atoms with E-state index in [1.54, 1.807) is 6.07 Å². The molecular weight excluding hydrogens is 463 g/mol. The summed E-state index contributed by atoms with van der Waals surface area (Å²) in [6.07, 6.45) is 1.37. The summed E-state index contributed by atoms with van der Waals surface area (Å²) < 4.78 is 45.1. The molecule has 1 amide bonds. The number of sulfone groups is 1. The molecule has 1 saturated heterocycles. The lowest BCUT2D eigenvalue weighted by Gasteiger charge is -2.23. The van der Waals surface area contributed by atoms with Crippen LogP contribution in [0, 0.1) is 5.82 Å². The zero-order valence-electron chi connectivity index (χ0n) is 16.5. The number of thiazole rings is 1. The Morgan fingerprint density at radius 2 is 2.03 bits per heavy atom. The zero-order chi connectivity index (χ0) is 22.0. The molecule has 31 heavy (non-hydrogen) atoms. The second kappa shape index (κ2) is 9.20. The Hall–Kier alpha value is -2.07. The number of amides is 1. The van der Waals surface area contributed by atoms with Gasteiger partial charge in [-0.15, -0.1) is 0 Å². The van der Waals surface area contributed by atoms with Crippen LogP contribution in [-0.2, 0) is 19.4 Å². The minimum atomic E-state index is -3.65. The third-order valence-corrected chi connectivity index (χ3v) is 8.06. The van der Waals surface area contributed by atoms with Crippen LogP contribution in [0.4, 0.5) is 9.52 Å². The first-order valence-electron chi connectivity index (χ1n) is 9.78. The number of hydrogen-bond acceptors (Lipinski definition) is 6. The van der Waals surface area contributed by atoms with E-state index in [0.29, 0.717) is 27.0 Å². The van der Waals surface area contributed by atoms with E-state index in [2.05, 4.69) is 4.98 Å². The average Bonchev–Trinajstić information content (AvgIpc) is 3.39. The normalized spacial score (nSPS) is 16.6. The summed E-state index contributed by atoms with van der Waals surface area (Å²) in [6, 6.07) is 10.1. The molecule has 0 aliphatic carbocycles. The summed E-state index contributed by atoms with van der Waals surface area (Å²) in [5.41, 5.74) is 0.584. The van der Waals surface area contributed by atoms with Gasteiger partial charge in [0.05, 0.1) is 33.5 Å². The summed E-state index contributed by atoms with van der Waals surface area (Å²) in [5.74, 6) is -1.09. The summed E-state index contributed by atoms with van der Waals surface area (Å²) in [5, 5.41) is 0.843. The van der Waals surface area contributed by atoms with Crippen molar-refractivity contribution in [2.45, 2.75) is 30.3 Å². The number of carbonyl (C=O) groups is 1. The predicted molar refractivity (Wildman–Crippen MR) is 119 cm³/mol. The molecule has 2 heterocycles. The molecule has 1 aliphatic heterocycles. The van der Waals surface area contributed by atoms with Crippen molar-refractivity contribution in [3.8, 4) is 0 Å². The van der Waals surface area contributed by atoms with E-state index in [9.17, 15) is 17.6 Å². The van der Waals surface area contributed by atoms with Crippen molar-refractivity contribution < 1.29 is 22.3 Å². The second-order valence-electron chi connectivity index (χ2n) is 7.27. The largest absolute Gasteiger partial charge is 0.376 e. The van der Waals surface area contributed by atoms with Gasteiger partial charge in [0.2, 0.25) is 5.91 Å². The number of anilines is 1. The Balaban J connectivity index is 1.55. The minimum absolute atomic E-state index is 0.117. The molecule has 4 rings (SSSR count). The zero-order valence-corrected chi connectivity index (χ0v) is 18.9.